The van der Waals surface area contributed by atoms with Crippen molar-refractivity contribution in [3.05, 3.63) is 46.4 Å². The average molecular weight is 262 g/mol. The number of aromatic nitrogens is 1. The zero-order valence-electron chi connectivity index (χ0n) is 8.92. The number of anilines is 1. The quantitative estimate of drug-likeness (QED) is 0.859. The van der Waals surface area contributed by atoms with Crippen LogP contribution in [0.2, 0.25) is 0 Å². The van der Waals surface area contributed by atoms with Gasteiger partial charge in [0.1, 0.15) is 0 Å². The summed E-state index contributed by atoms with van der Waals surface area (Å²) in [5.41, 5.74) is 2.09. The predicted octanol–water partition coefficient (Wildman–Crippen LogP) is 2.92. The van der Waals surface area contributed by atoms with E-state index in [2.05, 4.69) is 16.4 Å². The summed E-state index contributed by atoms with van der Waals surface area (Å²) in [6, 6.07) is 5.96. The van der Waals surface area contributed by atoms with E-state index in [1.807, 2.05) is 23.7 Å². The monoisotopic (exact) mass is 262 g/mol. The Hall–Kier alpha value is -1.33. The largest absolute Gasteiger partial charge is 0.324 e. The summed E-state index contributed by atoms with van der Waals surface area (Å²) in [7, 11) is 0. The van der Waals surface area contributed by atoms with E-state index in [9.17, 15) is 4.79 Å². The average Bonchev–Trinajstić information content (AvgIpc) is 2.73. The molecule has 0 saturated carbocycles. The summed E-state index contributed by atoms with van der Waals surface area (Å²) in [6.45, 7) is 0. The third kappa shape index (κ3) is 2.08. The zero-order valence-corrected chi connectivity index (χ0v) is 10.6. The molecule has 1 amide bonds. The SMILES string of the molecule is O=C1CS[C@H](c2cccnc2)c2sccc2N1. The maximum Gasteiger partial charge on any atom is 0.234 e. The van der Waals surface area contributed by atoms with E-state index in [4.69, 9.17) is 0 Å². The van der Waals surface area contributed by atoms with Gasteiger partial charge < -0.3 is 5.32 Å². The number of thioether (sulfide) groups is 1. The number of rotatable bonds is 1. The van der Waals surface area contributed by atoms with Crippen LogP contribution >= 0.6 is 23.1 Å². The second-order valence-electron chi connectivity index (χ2n) is 3.72. The van der Waals surface area contributed by atoms with E-state index < -0.39 is 0 Å². The highest BCUT2D eigenvalue weighted by atomic mass is 32.2. The van der Waals surface area contributed by atoms with Crippen molar-refractivity contribution in [2.24, 2.45) is 0 Å². The third-order valence-corrected chi connectivity index (χ3v) is 4.98. The molecule has 0 aromatic carbocycles. The van der Waals surface area contributed by atoms with E-state index in [-0.39, 0.29) is 11.2 Å². The van der Waals surface area contributed by atoms with Gasteiger partial charge in [0.15, 0.2) is 0 Å². The molecule has 0 unspecified atom stereocenters. The Kier molecular flexibility index (Phi) is 2.86. The standard InChI is InChI=1S/C12H10N2OS2/c15-10-7-17-11(8-2-1-4-13-6-8)12-9(14-10)3-5-16-12/h1-6,11H,7H2,(H,14,15)/t11-/m1/s1. The summed E-state index contributed by atoms with van der Waals surface area (Å²) >= 11 is 3.33. The van der Waals surface area contributed by atoms with Crippen molar-refractivity contribution in [3.8, 4) is 0 Å². The second kappa shape index (κ2) is 4.50. The van der Waals surface area contributed by atoms with Crippen LogP contribution in [0.5, 0.6) is 0 Å². The molecule has 1 atom stereocenters. The van der Waals surface area contributed by atoms with Crippen molar-refractivity contribution in [1.82, 2.24) is 4.98 Å². The van der Waals surface area contributed by atoms with Crippen LogP contribution in [0.4, 0.5) is 5.69 Å². The molecule has 86 valence electrons. The minimum absolute atomic E-state index is 0.0704. The topological polar surface area (TPSA) is 42.0 Å². The molecule has 17 heavy (non-hydrogen) atoms. The Bertz CT molecular complexity index is 538. The number of pyridine rings is 1. The molecule has 2 aromatic rings. The van der Waals surface area contributed by atoms with Gasteiger partial charge in [0, 0.05) is 17.3 Å². The summed E-state index contributed by atoms with van der Waals surface area (Å²) in [4.78, 5) is 16.9. The van der Waals surface area contributed by atoms with Gasteiger partial charge in [-0.3, -0.25) is 9.78 Å². The molecule has 5 heteroatoms. The van der Waals surface area contributed by atoms with Gasteiger partial charge >= 0.3 is 0 Å². The van der Waals surface area contributed by atoms with Gasteiger partial charge in [-0.1, -0.05) is 6.07 Å². The fourth-order valence-corrected chi connectivity index (χ4v) is 4.05. The first-order valence-corrected chi connectivity index (χ1v) is 7.16. The lowest BCUT2D eigenvalue weighted by Crippen LogP contribution is -2.11. The van der Waals surface area contributed by atoms with Crippen LogP contribution in [0.15, 0.2) is 36.0 Å². The minimum atomic E-state index is 0.0704. The Labute approximate surface area is 107 Å². The fourth-order valence-electron chi connectivity index (χ4n) is 1.83. The van der Waals surface area contributed by atoms with E-state index in [0.717, 1.165) is 11.3 Å². The number of carbonyl (C=O) groups is 1. The molecule has 1 aliphatic rings. The number of amides is 1. The number of hydrogen-bond donors (Lipinski definition) is 1. The van der Waals surface area contributed by atoms with Gasteiger partial charge in [-0.25, -0.2) is 0 Å². The molecular formula is C12H10N2OS2. The smallest absolute Gasteiger partial charge is 0.234 e. The molecule has 1 N–H and O–H groups in total. The number of nitrogens with one attached hydrogen (secondary N) is 1. The van der Waals surface area contributed by atoms with Crippen molar-refractivity contribution >= 4 is 34.7 Å². The van der Waals surface area contributed by atoms with E-state index in [1.165, 1.54) is 4.88 Å². The Morgan fingerprint density at radius 3 is 3.18 bits per heavy atom. The number of fused-ring (bicyclic) bond motifs is 1. The zero-order chi connectivity index (χ0) is 11.7. The van der Waals surface area contributed by atoms with Crippen molar-refractivity contribution in [2.45, 2.75) is 5.25 Å². The highest BCUT2D eigenvalue weighted by Crippen LogP contribution is 2.43. The number of carbonyl (C=O) groups excluding carboxylic acids is 1. The van der Waals surface area contributed by atoms with Crippen molar-refractivity contribution in [3.63, 3.8) is 0 Å². The number of nitrogens with zero attached hydrogens (tertiary/aromatic N) is 1. The molecule has 0 radical (unpaired) electrons. The Balaban J connectivity index is 2.04. The fraction of sp³-hybridized carbons (Fsp3) is 0.167. The van der Waals surface area contributed by atoms with E-state index >= 15 is 0 Å². The van der Waals surface area contributed by atoms with Gasteiger partial charge in [0.25, 0.3) is 0 Å². The summed E-state index contributed by atoms with van der Waals surface area (Å²) in [6.07, 6.45) is 3.64. The second-order valence-corrected chi connectivity index (χ2v) is 5.77. The van der Waals surface area contributed by atoms with Crippen LogP contribution in [0, 0.1) is 0 Å². The lowest BCUT2D eigenvalue weighted by molar-refractivity contribution is -0.113. The van der Waals surface area contributed by atoms with Gasteiger partial charge in [-0.2, -0.15) is 0 Å². The van der Waals surface area contributed by atoms with Gasteiger partial charge in [0.2, 0.25) is 5.91 Å². The normalized spacial score (nSPS) is 19.3. The van der Waals surface area contributed by atoms with E-state index in [1.54, 1.807) is 29.3 Å². The maximum absolute atomic E-state index is 11.6. The highest BCUT2D eigenvalue weighted by Gasteiger charge is 2.25. The Morgan fingerprint density at radius 1 is 1.41 bits per heavy atom. The molecule has 0 saturated heterocycles. The molecule has 1 aliphatic heterocycles. The molecule has 0 aliphatic carbocycles. The van der Waals surface area contributed by atoms with Gasteiger partial charge in [-0.05, 0) is 23.1 Å². The third-order valence-electron chi connectivity index (χ3n) is 2.58. The lowest BCUT2D eigenvalue weighted by Gasteiger charge is -2.12. The van der Waals surface area contributed by atoms with Crippen LogP contribution in [0.25, 0.3) is 0 Å². The van der Waals surface area contributed by atoms with Crippen molar-refractivity contribution < 1.29 is 4.79 Å². The van der Waals surface area contributed by atoms with Crippen LogP contribution in [0.1, 0.15) is 15.7 Å². The first-order valence-electron chi connectivity index (χ1n) is 5.23. The predicted molar refractivity (Wildman–Crippen MR) is 71.5 cm³/mol. The maximum atomic E-state index is 11.6. The van der Waals surface area contributed by atoms with Crippen molar-refractivity contribution in [1.29, 1.82) is 0 Å². The minimum Gasteiger partial charge on any atom is -0.324 e. The van der Waals surface area contributed by atoms with Crippen LogP contribution in [-0.2, 0) is 4.79 Å². The number of hydrogen-bond acceptors (Lipinski definition) is 4. The molecule has 3 nitrogen and oxygen atoms in total. The highest BCUT2D eigenvalue weighted by molar-refractivity contribution is 8.00. The number of thiophene rings is 1. The molecule has 3 rings (SSSR count). The Morgan fingerprint density at radius 2 is 2.35 bits per heavy atom. The molecule has 3 heterocycles. The molecule has 2 aromatic heterocycles. The molecule has 0 fully saturated rings. The summed E-state index contributed by atoms with van der Waals surface area (Å²) < 4.78 is 0. The first-order chi connectivity index (χ1) is 8.34. The van der Waals surface area contributed by atoms with Gasteiger partial charge in [0.05, 0.1) is 16.7 Å². The summed E-state index contributed by atoms with van der Waals surface area (Å²) in [5.74, 6) is 0.557. The molecule has 0 bridgehead atoms. The van der Waals surface area contributed by atoms with Crippen LogP contribution < -0.4 is 5.32 Å². The van der Waals surface area contributed by atoms with Crippen molar-refractivity contribution in [2.75, 3.05) is 11.1 Å². The molecule has 0 spiro atoms. The lowest BCUT2D eigenvalue weighted by atomic mass is 10.1. The first kappa shape index (κ1) is 10.8. The van der Waals surface area contributed by atoms with Crippen LogP contribution in [-0.4, -0.2) is 16.6 Å². The molecular weight excluding hydrogens is 252 g/mol. The van der Waals surface area contributed by atoms with Crippen LogP contribution in [0.3, 0.4) is 0 Å². The van der Waals surface area contributed by atoms with E-state index in [0.29, 0.717) is 5.75 Å². The van der Waals surface area contributed by atoms with Gasteiger partial charge in [-0.15, -0.1) is 23.1 Å². The summed E-state index contributed by atoms with van der Waals surface area (Å²) in [5, 5.41) is 5.15.